The predicted molar refractivity (Wildman–Crippen MR) is 101 cm³/mol. The van der Waals surface area contributed by atoms with Gasteiger partial charge in [-0.05, 0) is 35.9 Å². The minimum atomic E-state index is -3.47. The molecular formula is C18H22F2N4O2S. The SMILES string of the molecule is CN=C(NCc1ccc(S(=O)(=O)N(C)C)cc1)NCc1cc(F)ccc1F. The van der Waals surface area contributed by atoms with E-state index in [0.29, 0.717) is 12.5 Å². The van der Waals surface area contributed by atoms with Crippen LogP contribution in [0, 0.1) is 11.6 Å². The Balaban J connectivity index is 1.95. The third kappa shape index (κ3) is 5.48. The van der Waals surface area contributed by atoms with Gasteiger partial charge in [-0.2, -0.15) is 0 Å². The second kappa shape index (κ2) is 8.92. The van der Waals surface area contributed by atoms with Crippen LogP contribution >= 0.6 is 0 Å². The lowest BCUT2D eigenvalue weighted by Gasteiger charge is -2.14. The van der Waals surface area contributed by atoms with Crippen molar-refractivity contribution in [3.63, 3.8) is 0 Å². The van der Waals surface area contributed by atoms with Crippen LogP contribution in [0.15, 0.2) is 52.4 Å². The van der Waals surface area contributed by atoms with Crippen LogP contribution in [0.5, 0.6) is 0 Å². The minimum absolute atomic E-state index is 0.0727. The molecule has 0 bridgehead atoms. The molecular weight excluding hydrogens is 374 g/mol. The van der Waals surface area contributed by atoms with Crippen LogP contribution in [-0.4, -0.2) is 39.8 Å². The van der Waals surface area contributed by atoms with Crippen LogP contribution in [0.4, 0.5) is 8.78 Å². The number of guanidine groups is 1. The highest BCUT2D eigenvalue weighted by Gasteiger charge is 2.16. The first-order valence-corrected chi connectivity index (χ1v) is 9.58. The van der Waals surface area contributed by atoms with Gasteiger partial charge in [0.2, 0.25) is 10.0 Å². The molecule has 2 aromatic carbocycles. The van der Waals surface area contributed by atoms with E-state index in [1.807, 2.05) is 0 Å². The molecule has 0 fully saturated rings. The summed E-state index contributed by atoms with van der Waals surface area (Å²) in [5, 5.41) is 5.94. The lowest BCUT2D eigenvalue weighted by molar-refractivity contribution is 0.520. The van der Waals surface area contributed by atoms with Gasteiger partial charge < -0.3 is 10.6 Å². The van der Waals surface area contributed by atoms with E-state index in [-0.39, 0.29) is 17.0 Å². The zero-order valence-electron chi connectivity index (χ0n) is 15.3. The van der Waals surface area contributed by atoms with E-state index in [1.165, 1.54) is 26.2 Å². The van der Waals surface area contributed by atoms with Crippen molar-refractivity contribution >= 4 is 16.0 Å². The maximum absolute atomic E-state index is 13.6. The molecule has 0 unspecified atom stereocenters. The summed E-state index contributed by atoms with van der Waals surface area (Å²) < 4.78 is 52.1. The van der Waals surface area contributed by atoms with Crippen molar-refractivity contribution in [2.24, 2.45) is 4.99 Å². The molecule has 146 valence electrons. The lowest BCUT2D eigenvalue weighted by atomic mass is 10.2. The maximum atomic E-state index is 13.6. The van der Waals surface area contributed by atoms with Crippen LogP contribution in [-0.2, 0) is 23.1 Å². The second-order valence-electron chi connectivity index (χ2n) is 5.95. The van der Waals surface area contributed by atoms with E-state index in [0.717, 1.165) is 28.1 Å². The fourth-order valence-electron chi connectivity index (χ4n) is 2.25. The van der Waals surface area contributed by atoms with Gasteiger partial charge in [0.15, 0.2) is 5.96 Å². The monoisotopic (exact) mass is 396 g/mol. The molecule has 2 rings (SSSR count). The number of hydrogen-bond acceptors (Lipinski definition) is 3. The fraction of sp³-hybridized carbons (Fsp3) is 0.278. The lowest BCUT2D eigenvalue weighted by Crippen LogP contribution is -2.36. The summed E-state index contributed by atoms with van der Waals surface area (Å²) in [4.78, 5) is 4.23. The van der Waals surface area contributed by atoms with Gasteiger partial charge in [-0.1, -0.05) is 12.1 Å². The van der Waals surface area contributed by atoms with Gasteiger partial charge in [0.05, 0.1) is 4.90 Å². The zero-order chi connectivity index (χ0) is 20.0. The standard InChI is InChI=1S/C18H22F2N4O2S/c1-21-18(23-12-14-10-15(19)6-9-17(14)20)22-11-13-4-7-16(8-5-13)27(25,26)24(2)3/h4-10H,11-12H2,1-3H3,(H2,21,22,23). The topological polar surface area (TPSA) is 73.8 Å². The van der Waals surface area contributed by atoms with Crippen molar-refractivity contribution in [3.05, 3.63) is 65.2 Å². The van der Waals surface area contributed by atoms with Crippen LogP contribution in [0.1, 0.15) is 11.1 Å². The molecule has 2 N–H and O–H groups in total. The van der Waals surface area contributed by atoms with Crippen molar-refractivity contribution in [2.45, 2.75) is 18.0 Å². The largest absolute Gasteiger partial charge is 0.352 e. The van der Waals surface area contributed by atoms with E-state index in [1.54, 1.807) is 19.2 Å². The highest BCUT2D eigenvalue weighted by molar-refractivity contribution is 7.89. The molecule has 27 heavy (non-hydrogen) atoms. The normalized spacial score (nSPS) is 12.3. The molecule has 0 heterocycles. The Kier molecular flexibility index (Phi) is 6.86. The molecule has 0 atom stereocenters. The zero-order valence-corrected chi connectivity index (χ0v) is 16.1. The van der Waals surface area contributed by atoms with Gasteiger partial charge in [0.25, 0.3) is 0 Å². The first-order valence-electron chi connectivity index (χ1n) is 8.14. The Morgan fingerprint density at radius 3 is 2.26 bits per heavy atom. The molecule has 0 saturated carbocycles. The quantitative estimate of drug-likeness (QED) is 0.579. The Bertz CT molecular complexity index is 913. The second-order valence-corrected chi connectivity index (χ2v) is 8.10. The van der Waals surface area contributed by atoms with Crippen molar-refractivity contribution in [2.75, 3.05) is 21.1 Å². The van der Waals surface area contributed by atoms with Crippen LogP contribution in [0.25, 0.3) is 0 Å². The third-order valence-electron chi connectivity index (χ3n) is 3.84. The summed E-state index contributed by atoms with van der Waals surface area (Å²) in [5.74, 6) is -0.607. The Hall–Kier alpha value is -2.52. The van der Waals surface area contributed by atoms with Gasteiger partial charge in [-0.25, -0.2) is 21.5 Å². The van der Waals surface area contributed by atoms with E-state index >= 15 is 0 Å². The number of benzene rings is 2. The average molecular weight is 396 g/mol. The maximum Gasteiger partial charge on any atom is 0.242 e. The summed E-state index contributed by atoms with van der Waals surface area (Å²) in [6.07, 6.45) is 0. The smallest absolute Gasteiger partial charge is 0.242 e. The molecule has 0 spiro atoms. The number of halogens is 2. The molecule has 0 aromatic heterocycles. The number of nitrogens with zero attached hydrogens (tertiary/aromatic N) is 2. The highest BCUT2D eigenvalue weighted by atomic mass is 32.2. The first-order chi connectivity index (χ1) is 12.7. The molecule has 0 saturated heterocycles. The predicted octanol–water partition coefficient (Wildman–Crippen LogP) is 2.08. The Morgan fingerprint density at radius 1 is 1.04 bits per heavy atom. The Morgan fingerprint density at radius 2 is 1.67 bits per heavy atom. The van der Waals surface area contributed by atoms with E-state index in [4.69, 9.17) is 0 Å². The van der Waals surface area contributed by atoms with Gasteiger partial charge >= 0.3 is 0 Å². The number of rotatable bonds is 6. The molecule has 0 amide bonds. The molecule has 0 aliphatic heterocycles. The summed E-state index contributed by atoms with van der Waals surface area (Å²) in [6.45, 7) is 0.455. The first kappa shape index (κ1) is 20.8. The molecule has 9 heteroatoms. The molecule has 0 aliphatic carbocycles. The van der Waals surface area contributed by atoms with E-state index < -0.39 is 21.7 Å². The molecule has 2 aromatic rings. The van der Waals surface area contributed by atoms with Gasteiger partial charge in [-0.3, -0.25) is 4.99 Å². The van der Waals surface area contributed by atoms with Crippen molar-refractivity contribution in [1.82, 2.24) is 14.9 Å². The minimum Gasteiger partial charge on any atom is -0.352 e. The number of nitrogens with one attached hydrogen (secondary N) is 2. The van der Waals surface area contributed by atoms with Gasteiger partial charge in [-0.15, -0.1) is 0 Å². The summed E-state index contributed by atoms with van der Waals surface area (Å²) >= 11 is 0. The van der Waals surface area contributed by atoms with E-state index in [9.17, 15) is 17.2 Å². The fourth-order valence-corrected chi connectivity index (χ4v) is 3.16. The third-order valence-corrected chi connectivity index (χ3v) is 5.67. The molecule has 0 radical (unpaired) electrons. The number of sulfonamides is 1. The summed E-state index contributed by atoms with van der Waals surface area (Å²) in [6, 6.07) is 9.72. The van der Waals surface area contributed by atoms with Crippen molar-refractivity contribution in [3.8, 4) is 0 Å². The molecule has 0 aliphatic rings. The molecule has 6 nitrogen and oxygen atoms in total. The average Bonchev–Trinajstić information content (AvgIpc) is 2.64. The Labute approximate surface area is 158 Å². The summed E-state index contributed by atoms with van der Waals surface area (Å²) in [7, 11) is 1.04. The number of aliphatic imine (C=N–C) groups is 1. The van der Waals surface area contributed by atoms with Crippen molar-refractivity contribution in [1.29, 1.82) is 0 Å². The van der Waals surface area contributed by atoms with Gasteiger partial charge in [0, 0.05) is 39.8 Å². The van der Waals surface area contributed by atoms with Crippen LogP contribution in [0.3, 0.4) is 0 Å². The van der Waals surface area contributed by atoms with E-state index in [2.05, 4.69) is 15.6 Å². The van der Waals surface area contributed by atoms with Crippen LogP contribution in [0.2, 0.25) is 0 Å². The van der Waals surface area contributed by atoms with Gasteiger partial charge in [0.1, 0.15) is 11.6 Å². The van der Waals surface area contributed by atoms with Crippen LogP contribution < -0.4 is 10.6 Å². The summed E-state index contributed by atoms with van der Waals surface area (Å²) in [5.41, 5.74) is 1.03. The van der Waals surface area contributed by atoms with Crippen molar-refractivity contribution < 1.29 is 17.2 Å². The highest BCUT2D eigenvalue weighted by Crippen LogP contribution is 2.14. The number of hydrogen-bond donors (Lipinski definition) is 2.